The second-order valence-electron chi connectivity index (χ2n) is 7.98. The Hall–Kier alpha value is -2.76. The minimum atomic E-state index is -0.0166. The van der Waals surface area contributed by atoms with Gasteiger partial charge < -0.3 is 9.80 Å². The molecule has 29 heavy (non-hydrogen) atoms. The first kappa shape index (κ1) is 19.6. The van der Waals surface area contributed by atoms with Crippen molar-refractivity contribution in [3.05, 3.63) is 59.2 Å². The average Bonchev–Trinajstić information content (AvgIpc) is 2.77. The maximum Gasteiger partial charge on any atom is 0.223 e. The van der Waals surface area contributed by atoms with Gasteiger partial charge in [-0.15, -0.1) is 0 Å². The minimum Gasteiger partial charge on any atom is -0.338 e. The van der Waals surface area contributed by atoms with Crippen molar-refractivity contribution in [2.75, 3.05) is 13.1 Å². The lowest BCUT2D eigenvalue weighted by molar-refractivity contribution is -0.133. The largest absolute Gasteiger partial charge is 0.338 e. The predicted octanol–water partition coefficient (Wildman–Crippen LogP) is 3.07. The topological polar surface area (TPSA) is 66.4 Å². The molecule has 3 heterocycles. The first-order valence-electron chi connectivity index (χ1n) is 10.6. The van der Waals surface area contributed by atoms with Crippen LogP contribution in [-0.2, 0) is 29.0 Å². The van der Waals surface area contributed by atoms with Crippen LogP contribution in [0.4, 0.5) is 0 Å². The van der Waals surface area contributed by atoms with Crippen molar-refractivity contribution < 1.29 is 9.59 Å². The van der Waals surface area contributed by atoms with E-state index in [1.165, 1.54) is 5.56 Å². The molecule has 0 saturated carbocycles. The molecule has 6 heteroatoms. The number of carbonyl (C=O) groups is 2. The van der Waals surface area contributed by atoms with Gasteiger partial charge in [0, 0.05) is 51.2 Å². The van der Waals surface area contributed by atoms with Crippen LogP contribution in [0.5, 0.6) is 0 Å². The zero-order valence-electron chi connectivity index (χ0n) is 17.0. The van der Waals surface area contributed by atoms with Gasteiger partial charge in [-0.05, 0) is 31.2 Å². The first-order chi connectivity index (χ1) is 14.1. The van der Waals surface area contributed by atoms with Gasteiger partial charge >= 0.3 is 0 Å². The van der Waals surface area contributed by atoms with Crippen LogP contribution in [0.1, 0.15) is 61.3 Å². The van der Waals surface area contributed by atoms with Gasteiger partial charge in [-0.3, -0.25) is 9.59 Å². The molecule has 2 aliphatic rings. The lowest BCUT2D eigenvalue weighted by Crippen LogP contribution is -2.39. The van der Waals surface area contributed by atoms with Crippen molar-refractivity contribution in [1.29, 1.82) is 0 Å². The van der Waals surface area contributed by atoms with E-state index in [-0.39, 0.29) is 17.9 Å². The number of amides is 2. The Kier molecular flexibility index (Phi) is 5.88. The summed E-state index contributed by atoms with van der Waals surface area (Å²) in [5, 5.41) is 0. The Bertz CT molecular complexity index is 884. The molecule has 4 rings (SSSR count). The summed E-state index contributed by atoms with van der Waals surface area (Å²) in [5.74, 6) is 1.02. The summed E-state index contributed by atoms with van der Waals surface area (Å²) in [7, 11) is 0. The molecule has 2 aromatic rings. The smallest absolute Gasteiger partial charge is 0.223 e. The van der Waals surface area contributed by atoms with E-state index in [0.29, 0.717) is 19.5 Å². The number of piperidine rings is 1. The van der Waals surface area contributed by atoms with Gasteiger partial charge in [0.2, 0.25) is 11.8 Å². The van der Waals surface area contributed by atoms with Crippen LogP contribution in [0.25, 0.3) is 0 Å². The molecule has 2 amide bonds. The van der Waals surface area contributed by atoms with Crippen LogP contribution >= 0.6 is 0 Å². The van der Waals surface area contributed by atoms with E-state index >= 15 is 0 Å². The Morgan fingerprint density at radius 1 is 1.14 bits per heavy atom. The molecule has 1 aromatic heterocycles. The highest BCUT2D eigenvalue weighted by molar-refractivity contribution is 5.76. The number of rotatable bonds is 4. The lowest BCUT2D eigenvalue weighted by Gasteiger charge is -2.35. The van der Waals surface area contributed by atoms with Crippen molar-refractivity contribution in [3.8, 4) is 0 Å². The number of nitrogens with zero attached hydrogens (tertiary/aromatic N) is 4. The summed E-state index contributed by atoms with van der Waals surface area (Å²) >= 11 is 0. The van der Waals surface area contributed by atoms with Crippen molar-refractivity contribution in [3.63, 3.8) is 0 Å². The van der Waals surface area contributed by atoms with E-state index in [0.717, 1.165) is 55.7 Å². The Labute approximate surface area is 172 Å². The average molecular weight is 393 g/mol. The molecule has 2 aliphatic heterocycles. The van der Waals surface area contributed by atoms with Crippen LogP contribution in [-0.4, -0.2) is 44.7 Å². The third kappa shape index (κ3) is 4.47. The van der Waals surface area contributed by atoms with Gasteiger partial charge in [-0.25, -0.2) is 9.97 Å². The van der Waals surface area contributed by atoms with Crippen LogP contribution in [0.3, 0.4) is 0 Å². The summed E-state index contributed by atoms with van der Waals surface area (Å²) in [5.41, 5.74) is 3.24. The number of likely N-dealkylation sites (tertiary alicyclic amines) is 1. The zero-order chi connectivity index (χ0) is 20.2. The predicted molar refractivity (Wildman–Crippen MR) is 110 cm³/mol. The first-order valence-corrected chi connectivity index (χ1v) is 10.6. The van der Waals surface area contributed by atoms with Crippen molar-refractivity contribution in [2.24, 2.45) is 0 Å². The quantitative estimate of drug-likeness (QED) is 0.802. The van der Waals surface area contributed by atoms with Crippen molar-refractivity contribution in [2.45, 2.75) is 58.0 Å². The standard InChI is InChI=1S/C23H28N4O2/c1-17(28)27-13-6-5-9-21(27)23-24-15-19-16-26(14-12-20(19)25-23)22(29)11-10-18-7-3-2-4-8-18/h2-4,7-8,15,21H,5-6,9-14,16H2,1H3. The summed E-state index contributed by atoms with van der Waals surface area (Å²) in [6.07, 6.45) is 6.95. The fourth-order valence-electron chi connectivity index (χ4n) is 4.34. The van der Waals surface area contributed by atoms with E-state index in [4.69, 9.17) is 4.98 Å². The lowest BCUT2D eigenvalue weighted by atomic mass is 10.00. The van der Waals surface area contributed by atoms with Gasteiger partial charge in [0.05, 0.1) is 11.7 Å². The summed E-state index contributed by atoms with van der Waals surface area (Å²) in [6, 6.07) is 10.1. The van der Waals surface area contributed by atoms with Crippen LogP contribution < -0.4 is 0 Å². The number of aromatic nitrogens is 2. The fraction of sp³-hybridized carbons (Fsp3) is 0.478. The second-order valence-corrected chi connectivity index (χ2v) is 7.98. The molecule has 1 saturated heterocycles. The van der Waals surface area contributed by atoms with Crippen LogP contribution in [0.2, 0.25) is 0 Å². The molecule has 1 atom stereocenters. The molecule has 0 N–H and O–H groups in total. The zero-order valence-corrected chi connectivity index (χ0v) is 17.0. The second kappa shape index (κ2) is 8.72. The SMILES string of the molecule is CC(=O)N1CCCCC1c1ncc2c(n1)CCN(C(=O)CCc1ccccc1)C2. The Morgan fingerprint density at radius 3 is 2.76 bits per heavy atom. The van der Waals surface area contributed by atoms with E-state index in [1.54, 1.807) is 6.92 Å². The summed E-state index contributed by atoms with van der Waals surface area (Å²) in [4.78, 5) is 37.9. The van der Waals surface area contributed by atoms with Gasteiger partial charge in [-0.2, -0.15) is 0 Å². The summed E-state index contributed by atoms with van der Waals surface area (Å²) in [6.45, 7) is 3.67. The molecule has 0 spiro atoms. The molecule has 0 radical (unpaired) electrons. The van der Waals surface area contributed by atoms with E-state index < -0.39 is 0 Å². The third-order valence-corrected chi connectivity index (χ3v) is 5.98. The molecular formula is C23H28N4O2. The molecule has 0 bridgehead atoms. The molecule has 152 valence electrons. The minimum absolute atomic E-state index is 0.0166. The van der Waals surface area contributed by atoms with Crippen LogP contribution in [0, 0.1) is 0 Å². The maximum absolute atomic E-state index is 12.7. The number of carbonyl (C=O) groups excluding carboxylic acids is 2. The number of hydrogen-bond acceptors (Lipinski definition) is 4. The number of hydrogen-bond donors (Lipinski definition) is 0. The molecule has 6 nitrogen and oxygen atoms in total. The van der Waals surface area contributed by atoms with Crippen molar-refractivity contribution >= 4 is 11.8 Å². The van der Waals surface area contributed by atoms with Crippen molar-refractivity contribution in [1.82, 2.24) is 19.8 Å². The van der Waals surface area contributed by atoms with E-state index in [1.807, 2.05) is 34.2 Å². The molecule has 0 aliphatic carbocycles. The van der Waals surface area contributed by atoms with E-state index in [2.05, 4.69) is 17.1 Å². The normalized spacial score (nSPS) is 19.0. The van der Waals surface area contributed by atoms with Gasteiger partial charge in [0.1, 0.15) is 0 Å². The molecular weight excluding hydrogens is 364 g/mol. The Morgan fingerprint density at radius 2 is 1.97 bits per heavy atom. The number of benzene rings is 1. The fourth-order valence-corrected chi connectivity index (χ4v) is 4.34. The highest BCUT2D eigenvalue weighted by Crippen LogP contribution is 2.30. The highest BCUT2D eigenvalue weighted by atomic mass is 16.2. The maximum atomic E-state index is 12.7. The highest BCUT2D eigenvalue weighted by Gasteiger charge is 2.29. The molecule has 1 unspecified atom stereocenters. The van der Waals surface area contributed by atoms with Gasteiger partial charge in [0.15, 0.2) is 5.82 Å². The number of fused-ring (bicyclic) bond motifs is 1. The van der Waals surface area contributed by atoms with E-state index in [9.17, 15) is 9.59 Å². The summed E-state index contributed by atoms with van der Waals surface area (Å²) < 4.78 is 0. The Balaban J connectivity index is 1.41. The number of aryl methyl sites for hydroxylation is 1. The van der Waals surface area contributed by atoms with Crippen LogP contribution in [0.15, 0.2) is 36.5 Å². The molecule has 1 aromatic carbocycles. The van der Waals surface area contributed by atoms with Gasteiger partial charge in [0.25, 0.3) is 0 Å². The van der Waals surface area contributed by atoms with Gasteiger partial charge in [-0.1, -0.05) is 30.3 Å². The molecule has 1 fully saturated rings. The third-order valence-electron chi connectivity index (χ3n) is 5.98. The monoisotopic (exact) mass is 392 g/mol.